The maximum atomic E-state index is 13.1. The average Bonchev–Trinajstić information content (AvgIpc) is 2.96. The van der Waals surface area contributed by atoms with Gasteiger partial charge in [0.15, 0.2) is 11.6 Å². The fourth-order valence-corrected chi connectivity index (χ4v) is 7.89. The van der Waals surface area contributed by atoms with Crippen LogP contribution in [-0.4, -0.2) is 49.2 Å². The maximum absolute atomic E-state index is 13.1. The molecule has 4 aliphatic rings. The highest BCUT2D eigenvalue weighted by Crippen LogP contribution is 2.68. The number of rotatable bonds is 4. The monoisotopic (exact) mass is 402 g/mol. The fraction of sp³-hybridized carbons (Fsp3) is 0.750. The standard InChI is InChI=1S/C24H34O5/c1-14-10-16-17-7-9-24(29-5,20(27)13-28-4)23(17,3)12-19(26)21(16)22(2)8-6-15(25)11-18(14)22/h6,8,11,14,16-17,19,21,26H,7,9-10,12-13H2,1-5H3/t14-,16-,17-,19-,21+,22-,23-,24-/m0/s1. The number of hydrogen-bond donors (Lipinski definition) is 1. The summed E-state index contributed by atoms with van der Waals surface area (Å²) in [6.45, 7) is 6.54. The van der Waals surface area contributed by atoms with Gasteiger partial charge in [0.05, 0.1) is 6.10 Å². The Balaban J connectivity index is 1.77. The van der Waals surface area contributed by atoms with Gasteiger partial charge in [-0.25, -0.2) is 0 Å². The molecule has 0 spiro atoms. The Kier molecular flexibility index (Phi) is 4.96. The third-order valence-electron chi connectivity index (χ3n) is 9.01. The van der Waals surface area contributed by atoms with Crippen LogP contribution in [0.3, 0.4) is 0 Å². The van der Waals surface area contributed by atoms with Crippen molar-refractivity contribution in [3.63, 3.8) is 0 Å². The first-order valence-corrected chi connectivity index (χ1v) is 10.9. The molecule has 0 aromatic heterocycles. The highest BCUT2D eigenvalue weighted by molar-refractivity contribution is 6.01. The number of methoxy groups -OCH3 is 2. The smallest absolute Gasteiger partial charge is 0.190 e. The van der Waals surface area contributed by atoms with Crippen LogP contribution in [0.15, 0.2) is 23.8 Å². The van der Waals surface area contributed by atoms with Crippen molar-refractivity contribution in [2.45, 2.75) is 58.2 Å². The molecule has 0 bridgehead atoms. The van der Waals surface area contributed by atoms with Gasteiger partial charge in [0, 0.05) is 31.0 Å². The van der Waals surface area contributed by atoms with Crippen molar-refractivity contribution in [2.24, 2.45) is 34.5 Å². The molecule has 0 radical (unpaired) electrons. The molecule has 0 aromatic carbocycles. The second kappa shape index (κ2) is 6.86. The summed E-state index contributed by atoms with van der Waals surface area (Å²) < 4.78 is 11.2. The van der Waals surface area contributed by atoms with Crippen LogP contribution in [0.1, 0.15) is 46.5 Å². The van der Waals surface area contributed by atoms with Crippen LogP contribution in [0, 0.1) is 34.5 Å². The summed E-state index contributed by atoms with van der Waals surface area (Å²) in [6, 6.07) is 0. The van der Waals surface area contributed by atoms with Gasteiger partial charge in [-0.05, 0) is 55.6 Å². The highest BCUT2D eigenvalue weighted by atomic mass is 16.5. The van der Waals surface area contributed by atoms with Gasteiger partial charge in [-0.1, -0.05) is 32.4 Å². The largest absolute Gasteiger partial charge is 0.393 e. The van der Waals surface area contributed by atoms with Crippen LogP contribution in [0.4, 0.5) is 0 Å². The zero-order valence-electron chi connectivity index (χ0n) is 18.2. The van der Waals surface area contributed by atoms with Crippen LogP contribution in [-0.2, 0) is 19.1 Å². The summed E-state index contributed by atoms with van der Waals surface area (Å²) in [5.41, 5.74) is -0.492. The van der Waals surface area contributed by atoms with E-state index in [-0.39, 0.29) is 41.3 Å². The number of aliphatic hydroxyl groups excluding tert-OH is 1. The van der Waals surface area contributed by atoms with Gasteiger partial charge in [0.1, 0.15) is 12.2 Å². The summed E-state index contributed by atoms with van der Waals surface area (Å²) in [6.07, 6.45) is 7.97. The average molecular weight is 403 g/mol. The first-order valence-electron chi connectivity index (χ1n) is 10.9. The molecule has 0 amide bonds. The molecule has 160 valence electrons. The van der Waals surface area contributed by atoms with E-state index < -0.39 is 17.1 Å². The van der Waals surface area contributed by atoms with Crippen molar-refractivity contribution in [2.75, 3.05) is 20.8 Å². The second-order valence-corrected chi connectivity index (χ2v) is 10.2. The van der Waals surface area contributed by atoms with Crippen molar-refractivity contribution in [3.05, 3.63) is 23.8 Å². The molecule has 0 heterocycles. The number of carbonyl (C=O) groups is 2. The molecule has 1 N–H and O–H groups in total. The Morgan fingerprint density at radius 3 is 2.69 bits per heavy atom. The molecule has 5 heteroatoms. The lowest BCUT2D eigenvalue weighted by Gasteiger charge is -2.61. The highest BCUT2D eigenvalue weighted by Gasteiger charge is 2.69. The molecule has 29 heavy (non-hydrogen) atoms. The summed E-state index contributed by atoms with van der Waals surface area (Å²) in [7, 11) is 3.16. The second-order valence-electron chi connectivity index (χ2n) is 10.2. The number of fused-ring (bicyclic) bond motifs is 5. The number of aliphatic hydroxyl groups is 1. The predicted octanol–water partition coefficient (Wildman–Crippen LogP) is 3.11. The quantitative estimate of drug-likeness (QED) is 0.782. The minimum absolute atomic E-state index is 0.0167. The van der Waals surface area contributed by atoms with Gasteiger partial charge in [-0.2, -0.15) is 0 Å². The van der Waals surface area contributed by atoms with Crippen LogP contribution in [0.25, 0.3) is 0 Å². The molecule has 0 aliphatic heterocycles. The van der Waals surface area contributed by atoms with Crippen molar-refractivity contribution < 1.29 is 24.2 Å². The first kappa shape index (κ1) is 21.0. The SMILES string of the molecule is COCC(=O)[C@@]1(OC)CC[C@H]2[C@@H]3C[C@H](C)C4=CC(=O)C=C[C@]4(C)[C@H]3[C@@H](O)C[C@@]21C. The number of carbonyl (C=O) groups excluding carboxylic acids is 2. The third-order valence-corrected chi connectivity index (χ3v) is 9.01. The van der Waals surface area contributed by atoms with Crippen LogP contribution in [0.5, 0.6) is 0 Å². The van der Waals surface area contributed by atoms with Crippen molar-refractivity contribution in [3.8, 4) is 0 Å². The molecule has 3 saturated carbocycles. The number of hydrogen-bond acceptors (Lipinski definition) is 5. The fourth-order valence-electron chi connectivity index (χ4n) is 7.89. The van der Waals surface area contributed by atoms with Gasteiger partial charge < -0.3 is 14.6 Å². The molecule has 8 atom stereocenters. The third kappa shape index (κ3) is 2.63. The van der Waals surface area contributed by atoms with Crippen molar-refractivity contribution >= 4 is 11.6 Å². The van der Waals surface area contributed by atoms with E-state index >= 15 is 0 Å². The zero-order chi connectivity index (χ0) is 21.2. The Morgan fingerprint density at radius 2 is 2.03 bits per heavy atom. The first-order chi connectivity index (χ1) is 13.6. The van der Waals surface area contributed by atoms with E-state index in [9.17, 15) is 14.7 Å². The van der Waals surface area contributed by atoms with Gasteiger partial charge in [0.2, 0.25) is 0 Å². The summed E-state index contributed by atoms with van der Waals surface area (Å²) >= 11 is 0. The Morgan fingerprint density at radius 1 is 1.31 bits per heavy atom. The van der Waals surface area contributed by atoms with Crippen molar-refractivity contribution in [1.82, 2.24) is 0 Å². The van der Waals surface area contributed by atoms with Crippen LogP contribution >= 0.6 is 0 Å². The Labute approximate surface area is 173 Å². The Bertz CT molecular complexity index is 784. The number of Topliss-reactive ketones (excluding diaryl/α,β-unsaturated/α-hetero) is 1. The molecule has 0 unspecified atom stereocenters. The van der Waals surface area contributed by atoms with Crippen molar-refractivity contribution in [1.29, 1.82) is 0 Å². The molecule has 4 rings (SSSR count). The number of ether oxygens (including phenoxy) is 2. The van der Waals surface area contributed by atoms with Gasteiger partial charge in [-0.3, -0.25) is 9.59 Å². The molecule has 0 aromatic rings. The van der Waals surface area contributed by atoms with E-state index in [4.69, 9.17) is 9.47 Å². The molecule has 5 nitrogen and oxygen atoms in total. The molecular weight excluding hydrogens is 368 g/mol. The van der Waals surface area contributed by atoms with E-state index in [0.29, 0.717) is 18.8 Å². The number of ketones is 2. The van der Waals surface area contributed by atoms with E-state index in [1.165, 1.54) is 7.11 Å². The molecule has 4 aliphatic carbocycles. The summed E-state index contributed by atoms with van der Waals surface area (Å²) in [5.74, 6) is 0.934. The molecule has 0 saturated heterocycles. The van der Waals surface area contributed by atoms with E-state index in [2.05, 4.69) is 20.8 Å². The minimum Gasteiger partial charge on any atom is -0.393 e. The topological polar surface area (TPSA) is 72.8 Å². The van der Waals surface area contributed by atoms with Gasteiger partial charge in [-0.15, -0.1) is 0 Å². The lowest BCUT2D eigenvalue weighted by molar-refractivity contribution is -0.188. The summed E-state index contributed by atoms with van der Waals surface area (Å²) in [5, 5.41) is 11.5. The number of allylic oxidation sites excluding steroid dienone is 4. The predicted molar refractivity (Wildman–Crippen MR) is 109 cm³/mol. The molecule has 3 fully saturated rings. The lowest BCUT2D eigenvalue weighted by atomic mass is 9.44. The maximum Gasteiger partial charge on any atom is 0.190 e. The van der Waals surface area contributed by atoms with Crippen LogP contribution in [0.2, 0.25) is 0 Å². The van der Waals surface area contributed by atoms with Gasteiger partial charge >= 0.3 is 0 Å². The lowest BCUT2D eigenvalue weighted by Crippen LogP contribution is -2.63. The van der Waals surface area contributed by atoms with E-state index in [1.54, 1.807) is 19.3 Å². The van der Waals surface area contributed by atoms with Crippen LogP contribution < -0.4 is 0 Å². The minimum atomic E-state index is -0.905. The Hall–Kier alpha value is -1.30. The van der Waals surface area contributed by atoms with Gasteiger partial charge in [0.25, 0.3) is 0 Å². The summed E-state index contributed by atoms with van der Waals surface area (Å²) in [4.78, 5) is 25.2. The normalized spacial score (nSPS) is 48.6. The zero-order valence-corrected chi connectivity index (χ0v) is 18.2. The van der Waals surface area contributed by atoms with E-state index in [1.807, 2.05) is 6.08 Å². The van der Waals surface area contributed by atoms with E-state index in [0.717, 1.165) is 18.4 Å². The molecular formula is C24H34O5.